The van der Waals surface area contributed by atoms with E-state index >= 15 is 0 Å². The zero-order valence-electron chi connectivity index (χ0n) is 18.1. The van der Waals surface area contributed by atoms with Crippen LogP contribution >= 0.6 is 0 Å². The number of carbonyl (C=O) groups excluding carboxylic acids is 1. The maximum atomic E-state index is 13.4. The molecule has 1 heterocycles. The number of esters is 1. The molecule has 3 atom stereocenters. The van der Waals surface area contributed by atoms with Crippen LogP contribution in [0.3, 0.4) is 0 Å². The van der Waals surface area contributed by atoms with E-state index in [0.717, 1.165) is 54.6 Å². The molecular weight excluding hydrogens is 405 g/mol. The Labute approximate surface area is 187 Å². The van der Waals surface area contributed by atoms with Gasteiger partial charge in [0.1, 0.15) is 12.0 Å². The van der Waals surface area contributed by atoms with Gasteiger partial charge in [0.15, 0.2) is 5.84 Å². The summed E-state index contributed by atoms with van der Waals surface area (Å²) in [5, 5.41) is 3.57. The summed E-state index contributed by atoms with van der Waals surface area (Å²) in [7, 11) is 1.46. The Morgan fingerprint density at radius 1 is 1.16 bits per heavy atom. The number of hydrogen-bond donors (Lipinski definition) is 1. The van der Waals surface area contributed by atoms with Gasteiger partial charge in [-0.25, -0.2) is 14.4 Å². The first kappa shape index (κ1) is 20.6. The summed E-state index contributed by atoms with van der Waals surface area (Å²) in [6.45, 7) is 0. The van der Waals surface area contributed by atoms with Gasteiger partial charge in [0.05, 0.1) is 18.7 Å². The number of nitrogens with one attached hydrogen (secondary N) is 1. The number of anilines is 1. The fraction of sp³-hybridized carbons (Fsp3) is 0.346. The Hall–Kier alpha value is -3.28. The maximum absolute atomic E-state index is 13.4. The smallest absolute Gasteiger partial charge is 0.308 e. The van der Waals surface area contributed by atoms with Crippen LogP contribution in [0.25, 0.3) is 0 Å². The van der Waals surface area contributed by atoms with Gasteiger partial charge in [0.25, 0.3) is 0 Å². The van der Waals surface area contributed by atoms with Crippen LogP contribution in [-0.4, -0.2) is 30.8 Å². The third kappa shape index (κ3) is 4.09. The number of methoxy groups -OCH3 is 1. The molecular formula is C26H26FN3O2. The molecule has 1 saturated carbocycles. The van der Waals surface area contributed by atoms with Gasteiger partial charge in [0, 0.05) is 16.8 Å². The Morgan fingerprint density at radius 2 is 2.00 bits per heavy atom. The molecule has 3 aliphatic rings. The first-order valence-corrected chi connectivity index (χ1v) is 11.2. The molecule has 0 aromatic heterocycles. The second kappa shape index (κ2) is 8.69. The molecule has 0 spiro atoms. The van der Waals surface area contributed by atoms with Crippen molar-refractivity contribution >= 4 is 23.2 Å². The van der Waals surface area contributed by atoms with Crippen molar-refractivity contribution < 1.29 is 13.9 Å². The summed E-state index contributed by atoms with van der Waals surface area (Å²) in [4.78, 5) is 21.5. The number of rotatable bonds is 5. The molecule has 0 saturated heterocycles. The highest BCUT2D eigenvalue weighted by atomic mass is 19.1. The van der Waals surface area contributed by atoms with Crippen LogP contribution in [0.4, 0.5) is 10.1 Å². The zero-order valence-corrected chi connectivity index (χ0v) is 18.1. The number of nitrogens with zero attached hydrogens (tertiary/aromatic N) is 2. The van der Waals surface area contributed by atoms with Crippen LogP contribution in [0.5, 0.6) is 0 Å². The summed E-state index contributed by atoms with van der Waals surface area (Å²) < 4.78 is 18.3. The van der Waals surface area contributed by atoms with Crippen molar-refractivity contribution in [3.05, 3.63) is 77.1 Å². The van der Waals surface area contributed by atoms with E-state index in [9.17, 15) is 9.18 Å². The lowest BCUT2D eigenvalue weighted by Crippen LogP contribution is -2.28. The molecule has 0 radical (unpaired) electrons. The molecule has 2 aliphatic carbocycles. The van der Waals surface area contributed by atoms with E-state index in [2.05, 4.69) is 29.6 Å². The Balaban J connectivity index is 1.37. The predicted octanol–water partition coefficient (Wildman–Crippen LogP) is 5.24. The van der Waals surface area contributed by atoms with E-state index < -0.39 is 0 Å². The van der Waals surface area contributed by atoms with Crippen LogP contribution in [0.15, 0.2) is 70.2 Å². The van der Waals surface area contributed by atoms with Gasteiger partial charge in [-0.15, -0.1) is 0 Å². The van der Waals surface area contributed by atoms with Gasteiger partial charge in [-0.05, 0) is 80.0 Å². The van der Waals surface area contributed by atoms with E-state index in [1.54, 1.807) is 12.1 Å². The molecule has 0 bridgehead atoms. The number of aliphatic imine (C=N–C) groups is 2. The number of halogens is 1. The molecule has 5 rings (SSSR count). The number of benzene rings is 2. The van der Waals surface area contributed by atoms with Crippen LogP contribution in [0.1, 0.15) is 49.1 Å². The largest absolute Gasteiger partial charge is 0.469 e. The maximum Gasteiger partial charge on any atom is 0.308 e. The minimum Gasteiger partial charge on any atom is -0.469 e. The van der Waals surface area contributed by atoms with E-state index in [-0.39, 0.29) is 23.9 Å². The highest BCUT2D eigenvalue weighted by Crippen LogP contribution is 2.39. The fourth-order valence-corrected chi connectivity index (χ4v) is 4.92. The molecule has 1 fully saturated rings. The van der Waals surface area contributed by atoms with E-state index in [1.807, 2.05) is 6.07 Å². The van der Waals surface area contributed by atoms with Gasteiger partial charge in [-0.2, -0.15) is 0 Å². The minimum absolute atomic E-state index is 0.00904. The first-order chi connectivity index (χ1) is 15.6. The lowest BCUT2D eigenvalue weighted by atomic mass is 9.95. The van der Waals surface area contributed by atoms with E-state index in [1.165, 1.54) is 24.8 Å². The van der Waals surface area contributed by atoms with E-state index in [4.69, 9.17) is 14.7 Å². The third-order valence-electron chi connectivity index (χ3n) is 6.60. The second-order valence-corrected chi connectivity index (χ2v) is 8.62. The lowest BCUT2D eigenvalue weighted by molar-refractivity contribution is -0.145. The number of carbonyl (C=O) groups is 1. The topological polar surface area (TPSA) is 63.0 Å². The van der Waals surface area contributed by atoms with Gasteiger partial charge >= 0.3 is 5.97 Å². The quantitative estimate of drug-likeness (QED) is 0.659. The summed E-state index contributed by atoms with van der Waals surface area (Å²) >= 11 is 0. The monoisotopic (exact) mass is 431 g/mol. The Kier molecular flexibility index (Phi) is 5.60. The second-order valence-electron chi connectivity index (χ2n) is 8.62. The zero-order chi connectivity index (χ0) is 22.1. The van der Waals surface area contributed by atoms with Crippen molar-refractivity contribution in [2.75, 3.05) is 12.4 Å². The van der Waals surface area contributed by atoms with Crippen LogP contribution < -0.4 is 5.32 Å². The summed E-state index contributed by atoms with van der Waals surface area (Å²) in [5.41, 5.74) is 5.20. The Bertz CT molecular complexity index is 1120. The van der Waals surface area contributed by atoms with Crippen molar-refractivity contribution in [3.63, 3.8) is 0 Å². The third-order valence-corrected chi connectivity index (χ3v) is 6.60. The average molecular weight is 432 g/mol. The lowest BCUT2D eigenvalue weighted by Gasteiger charge is -2.24. The van der Waals surface area contributed by atoms with Gasteiger partial charge in [-0.3, -0.25) is 4.79 Å². The molecule has 1 aliphatic heterocycles. The molecule has 32 heavy (non-hydrogen) atoms. The molecule has 5 nitrogen and oxygen atoms in total. The van der Waals surface area contributed by atoms with Crippen molar-refractivity contribution in [2.45, 2.75) is 44.2 Å². The number of fused-ring (bicyclic) bond motifs is 1. The van der Waals surface area contributed by atoms with Gasteiger partial charge < -0.3 is 10.1 Å². The predicted molar refractivity (Wildman–Crippen MR) is 124 cm³/mol. The number of hydrogen-bond acceptors (Lipinski definition) is 5. The van der Waals surface area contributed by atoms with Crippen LogP contribution in [-0.2, 0) is 9.53 Å². The standard InChI is InChI=1S/C26H26FN3O2/c1-32-26(31)19-9-8-18(14-19)17-4-2-5-21(15-17)28-25-22-6-3-7-23(22)29-24(30-25)16-10-12-20(27)13-11-16/h2,4-6,10-13,15,18-19,25,28H,3,7-9,14H2,1H3. The molecule has 0 amide bonds. The minimum atomic E-state index is -0.271. The summed E-state index contributed by atoms with van der Waals surface area (Å²) in [6.07, 6.45) is 6.50. The van der Waals surface area contributed by atoms with Crippen molar-refractivity contribution in [3.8, 4) is 0 Å². The molecule has 3 unspecified atom stereocenters. The van der Waals surface area contributed by atoms with Crippen LogP contribution in [0.2, 0.25) is 0 Å². The summed E-state index contributed by atoms with van der Waals surface area (Å²) in [6, 6.07) is 14.7. The molecule has 164 valence electrons. The van der Waals surface area contributed by atoms with Crippen LogP contribution in [0, 0.1) is 11.7 Å². The first-order valence-electron chi connectivity index (χ1n) is 11.2. The highest BCUT2D eigenvalue weighted by molar-refractivity contribution is 6.16. The fourth-order valence-electron chi connectivity index (χ4n) is 4.92. The molecule has 6 heteroatoms. The van der Waals surface area contributed by atoms with Crippen molar-refractivity contribution in [2.24, 2.45) is 15.9 Å². The number of allylic oxidation sites excluding steroid dienone is 1. The number of amidine groups is 1. The molecule has 1 N–H and O–H groups in total. The number of ether oxygens (including phenoxy) is 1. The van der Waals surface area contributed by atoms with Gasteiger partial charge in [-0.1, -0.05) is 18.2 Å². The van der Waals surface area contributed by atoms with Crippen molar-refractivity contribution in [1.82, 2.24) is 0 Å². The summed E-state index contributed by atoms with van der Waals surface area (Å²) in [5.74, 6) is 0.599. The molecule has 2 aromatic rings. The van der Waals surface area contributed by atoms with E-state index in [0.29, 0.717) is 11.8 Å². The SMILES string of the molecule is COC(=O)C1CCC(c2cccc(NC3N=C(c4ccc(F)cc4)N=C4CCC=C43)c2)C1. The highest BCUT2D eigenvalue weighted by Gasteiger charge is 2.32. The average Bonchev–Trinajstić information content (AvgIpc) is 3.49. The van der Waals surface area contributed by atoms with Crippen molar-refractivity contribution in [1.29, 1.82) is 0 Å². The molecule has 2 aromatic carbocycles. The Morgan fingerprint density at radius 3 is 2.81 bits per heavy atom. The normalized spacial score (nSPS) is 24.3. The van der Waals surface area contributed by atoms with Gasteiger partial charge in [0.2, 0.25) is 0 Å².